The largest absolute Gasteiger partial charge is 0.358 e. The van der Waals surface area contributed by atoms with E-state index in [4.69, 9.17) is 11.6 Å². The Labute approximate surface area is 109 Å². The molecule has 0 saturated heterocycles. The molecule has 0 spiro atoms. The number of alkyl halides is 1. The van der Waals surface area contributed by atoms with Crippen molar-refractivity contribution >= 4 is 28.5 Å². The molecule has 1 aromatic carbocycles. The van der Waals surface area contributed by atoms with E-state index in [1.54, 1.807) is 24.6 Å². The van der Waals surface area contributed by atoms with Gasteiger partial charge in [-0.05, 0) is 25.1 Å². The van der Waals surface area contributed by atoms with E-state index >= 15 is 0 Å². The van der Waals surface area contributed by atoms with Crippen LogP contribution in [0.15, 0.2) is 18.2 Å². The summed E-state index contributed by atoms with van der Waals surface area (Å²) in [6.07, 6.45) is 0. The van der Waals surface area contributed by atoms with Crippen molar-refractivity contribution in [1.29, 1.82) is 0 Å². The fourth-order valence-electron chi connectivity index (χ4n) is 1.81. The number of carbonyl (C=O) groups excluding carboxylic acids is 1. The zero-order chi connectivity index (χ0) is 13.3. The third-order valence-corrected chi connectivity index (χ3v) is 2.87. The van der Waals surface area contributed by atoms with E-state index in [9.17, 15) is 9.18 Å². The second-order valence-corrected chi connectivity index (χ2v) is 4.63. The molecule has 2 rings (SSSR count). The van der Waals surface area contributed by atoms with Crippen LogP contribution in [0.5, 0.6) is 0 Å². The van der Waals surface area contributed by atoms with Gasteiger partial charge >= 0.3 is 0 Å². The van der Waals surface area contributed by atoms with Crippen molar-refractivity contribution in [2.45, 2.75) is 18.8 Å². The summed E-state index contributed by atoms with van der Waals surface area (Å²) >= 11 is 6.04. The molecule has 1 amide bonds. The Morgan fingerprint density at radius 3 is 2.94 bits per heavy atom. The Bertz CT molecular complexity index is 594. The molecule has 96 valence electrons. The zero-order valence-electron chi connectivity index (χ0n) is 10.1. The van der Waals surface area contributed by atoms with Crippen LogP contribution in [0.4, 0.5) is 4.39 Å². The molecule has 1 unspecified atom stereocenters. The average Bonchev–Trinajstić information content (AvgIpc) is 2.67. The fourth-order valence-corrected chi connectivity index (χ4v) is 1.97. The van der Waals surface area contributed by atoms with Crippen LogP contribution in [-0.4, -0.2) is 22.5 Å². The number of fused-ring (bicyclic) bond motifs is 1. The number of halogens is 2. The third kappa shape index (κ3) is 2.31. The molecule has 0 aliphatic rings. The lowest BCUT2D eigenvalue weighted by molar-refractivity contribution is -0.121. The molecule has 0 radical (unpaired) electrons. The standard InChI is InChI=1S/C12H13ClFN3O/c1-7(13)12-16-9-4-3-8(14)5-10(9)17(12)6-11(18)15-2/h3-5,7H,6H2,1-2H3,(H,15,18). The number of amides is 1. The number of rotatable bonds is 3. The maximum atomic E-state index is 13.3. The normalized spacial score (nSPS) is 12.7. The summed E-state index contributed by atoms with van der Waals surface area (Å²) in [5.74, 6) is 0.00678. The van der Waals surface area contributed by atoms with E-state index < -0.39 is 0 Å². The Kier molecular flexibility index (Phi) is 3.52. The number of benzene rings is 1. The summed E-state index contributed by atoms with van der Waals surface area (Å²) in [6.45, 7) is 1.84. The van der Waals surface area contributed by atoms with Crippen LogP contribution in [0.1, 0.15) is 18.1 Å². The number of imidazole rings is 1. The van der Waals surface area contributed by atoms with Gasteiger partial charge in [0.2, 0.25) is 5.91 Å². The van der Waals surface area contributed by atoms with Crippen molar-refractivity contribution in [3.63, 3.8) is 0 Å². The topological polar surface area (TPSA) is 46.9 Å². The number of hydrogen-bond acceptors (Lipinski definition) is 2. The van der Waals surface area contributed by atoms with Gasteiger partial charge in [0.05, 0.1) is 16.4 Å². The van der Waals surface area contributed by atoms with Crippen LogP contribution in [0.2, 0.25) is 0 Å². The maximum absolute atomic E-state index is 13.3. The molecule has 18 heavy (non-hydrogen) atoms. The summed E-state index contributed by atoms with van der Waals surface area (Å²) in [6, 6.07) is 4.27. The van der Waals surface area contributed by atoms with Crippen LogP contribution >= 0.6 is 11.6 Å². The maximum Gasteiger partial charge on any atom is 0.239 e. The van der Waals surface area contributed by atoms with E-state index in [0.29, 0.717) is 16.9 Å². The third-order valence-electron chi connectivity index (χ3n) is 2.68. The quantitative estimate of drug-likeness (QED) is 0.869. The lowest BCUT2D eigenvalue weighted by atomic mass is 10.3. The monoisotopic (exact) mass is 269 g/mol. The molecule has 4 nitrogen and oxygen atoms in total. The first kappa shape index (κ1) is 12.8. The van der Waals surface area contributed by atoms with Crippen molar-refractivity contribution in [2.75, 3.05) is 7.05 Å². The zero-order valence-corrected chi connectivity index (χ0v) is 10.8. The first-order valence-corrected chi connectivity index (χ1v) is 5.97. The number of hydrogen-bond donors (Lipinski definition) is 1. The molecule has 2 aromatic rings. The first-order valence-electron chi connectivity index (χ1n) is 5.53. The van der Waals surface area contributed by atoms with E-state index in [2.05, 4.69) is 10.3 Å². The molecular weight excluding hydrogens is 257 g/mol. The molecule has 0 fully saturated rings. The number of aromatic nitrogens is 2. The number of likely N-dealkylation sites (N-methyl/N-ethyl adjacent to an activating group) is 1. The summed E-state index contributed by atoms with van der Waals surface area (Å²) in [4.78, 5) is 15.8. The summed E-state index contributed by atoms with van der Waals surface area (Å²) in [5, 5.41) is 2.17. The van der Waals surface area contributed by atoms with Crippen molar-refractivity contribution < 1.29 is 9.18 Å². The predicted octanol–water partition coefficient (Wildman–Crippen LogP) is 2.22. The van der Waals surface area contributed by atoms with Gasteiger partial charge < -0.3 is 9.88 Å². The van der Waals surface area contributed by atoms with E-state index in [1.165, 1.54) is 12.1 Å². The van der Waals surface area contributed by atoms with E-state index in [0.717, 1.165) is 0 Å². The number of carbonyl (C=O) groups is 1. The SMILES string of the molecule is CNC(=O)Cn1c(C(C)Cl)nc2ccc(F)cc21. The average molecular weight is 270 g/mol. The molecule has 1 aromatic heterocycles. The molecule has 0 saturated carbocycles. The highest BCUT2D eigenvalue weighted by Gasteiger charge is 2.17. The van der Waals surface area contributed by atoms with Gasteiger partial charge in [-0.2, -0.15) is 0 Å². The minimum atomic E-state index is -0.366. The van der Waals surface area contributed by atoms with Gasteiger partial charge in [-0.15, -0.1) is 11.6 Å². The summed E-state index contributed by atoms with van der Waals surface area (Å²) < 4.78 is 14.9. The summed E-state index contributed by atoms with van der Waals surface area (Å²) in [7, 11) is 1.55. The Balaban J connectivity index is 2.60. The Morgan fingerprint density at radius 1 is 1.61 bits per heavy atom. The predicted molar refractivity (Wildman–Crippen MR) is 68.0 cm³/mol. The summed E-state index contributed by atoms with van der Waals surface area (Å²) in [5.41, 5.74) is 1.20. The Hall–Kier alpha value is -1.62. The van der Waals surface area contributed by atoms with Crippen LogP contribution in [0, 0.1) is 5.82 Å². The number of nitrogens with zero attached hydrogens (tertiary/aromatic N) is 2. The smallest absolute Gasteiger partial charge is 0.239 e. The van der Waals surface area contributed by atoms with Gasteiger partial charge in [-0.25, -0.2) is 9.37 Å². The molecule has 0 bridgehead atoms. The molecule has 6 heteroatoms. The molecule has 1 heterocycles. The lowest BCUT2D eigenvalue weighted by Gasteiger charge is -2.09. The molecule has 1 atom stereocenters. The van der Waals surface area contributed by atoms with Crippen molar-refractivity contribution in [3.8, 4) is 0 Å². The highest BCUT2D eigenvalue weighted by molar-refractivity contribution is 6.20. The minimum Gasteiger partial charge on any atom is -0.358 e. The van der Waals surface area contributed by atoms with Gasteiger partial charge in [0.15, 0.2) is 0 Å². The molecule has 1 N–H and O–H groups in total. The lowest BCUT2D eigenvalue weighted by Crippen LogP contribution is -2.24. The van der Waals surface area contributed by atoms with E-state index in [1.807, 2.05) is 0 Å². The minimum absolute atomic E-state index is 0.0723. The van der Waals surface area contributed by atoms with Crippen molar-refractivity contribution in [2.24, 2.45) is 0 Å². The highest BCUT2D eigenvalue weighted by Crippen LogP contribution is 2.24. The van der Waals surface area contributed by atoms with Crippen molar-refractivity contribution in [3.05, 3.63) is 29.8 Å². The van der Waals surface area contributed by atoms with Crippen LogP contribution < -0.4 is 5.32 Å². The first-order chi connectivity index (χ1) is 8.52. The van der Waals surface area contributed by atoms with Gasteiger partial charge in [-0.3, -0.25) is 4.79 Å². The van der Waals surface area contributed by atoms with Gasteiger partial charge in [-0.1, -0.05) is 0 Å². The number of nitrogens with one attached hydrogen (secondary N) is 1. The Morgan fingerprint density at radius 2 is 2.33 bits per heavy atom. The van der Waals surface area contributed by atoms with Gasteiger partial charge in [0.1, 0.15) is 18.2 Å². The van der Waals surface area contributed by atoms with Crippen LogP contribution in [-0.2, 0) is 11.3 Å². The van der Waals surface area contributed by atoms with Gasteiger partial charge in [0.25, 0.3) is 0 Å². The molecule has 0 aliphatic heterocycles. The molecule has 0 aliphatic carbocycles. The fraction of sp³-hybridized carbons (Fsp3) is 0.333. The second kappa shape index (κ2) is 4.94. The van der Waals surface area contributed by atoms with Gasteiger partial charge in [0, 0.05) is 7.05 Å². The van der Waals surface area contributed by atoms with Crippen LogP contribution in [0.25, 0.3) is 11.0 Å². The van der Waals surface area contributed by atoms with Crippen LogP contribution in [0.3, 0.4) is 0 Å². The molecular formula is C12H13ClFN3O. The highest BCUT2D eigenvalue weighted by atomic mass is 35.5. The second-order valence-electron chi connectivity index (χ2n) is 3.98. The van der Waals surface area contributed by atoms with E-state index in [-0.39, 0.29) is 23.6 Å². The van der Waals surface area contributed by atoms with Crippen molar-refractivity contribution in [1.82, 2.24) is 14.9 Å².